The van der Waals surface area contributed by atoms with E-state index in [4.69, 9.17) is 9.47 Å². The van der Waals surface area contributed by atoms with E-state index in [0.29, 0.717) is 6.42 Å². The van der Waals surface area contributed by atoms with Crippen LogP contribution < -0.4 is 5.32 Å². The van der Waals surface area contributed by atoms with E-state index in [1.54, 1.807) is 6.08 Å². The van der Waals surface area contributed by atoms with Crippen molar-refractivity contribution >= 4 is 5.91 Å². The standard InChI is InChI=1S/C73H131NO8/c1-3-5-7-9-11-13-15-17-19-21-23-25-27-28-29-30-31-32-33-34-35-36-37-38-39-40-41-43-45-47-49-51-53-55-57-59-61-63-69(77)74-66(65-81-73-72(80)71(79)70(78)68(64-75)82-73)67(76)62-60-58-56-54-52-50-48-46-44-42-26-24-22-20-18-16-14-12-10-8-6-4-2/h5,7,11,13,17,19,23,25,28-29,31-32,60,62,66-68,70-73,75-76,78-80H,3-4,6,8-10,12,14-16,18,20-22,24,26-27,30,33-59,61,63-65H2,1-2H3,(H,74,77)/b7-5-,13-11-,19-17-,25-23-,29-28-,32-31-,62-60+. The van der Waals surface area contributed by atoms with Gasteiger partial charge in [0.25, 0.3) is 0 Å². The number of carbonyl (C=O) groups excluding carboxylic acids is 1. The molecule has 1 aliphatic heterocycles. The number of rotatable bonds is 60. The first-order chi connectivity index (χ1) is 40.3. The van der Waals surface area contributed by atoms with Gasteiger partial charge in [0.1, 0.15) is 24.4 Å². The van der Waals surface area contributed by atoms with E-state index in [2.05, 4.69) is 92.1 Å². The van der Waals surface area contributed by atoms with Crippen LogP contribution in [0, 0.1) is 0 Å². The summed E-state index contributed by atoms with van der Waals surface area (Å²) >= 11 is 0. The summed E-state index contributed by atoms with van der Waals surface area (Å²) in [5.74, 6) is -0.174. The summed E-state index contributed by atoms with van der Waals surface area (Å²) in [7, 11) is 0. The molecule has 0 spiro atoms. The van der Waals surface area contributed by atoms with E-state index in [9.17, 15) is 30.3 Å². The number of amides is 1. The molecule has 6 N–H and O–H groups in total. The second-order valence-electron chi connectivity index (χ2n) is 23.9. The van der Waals surface area contributed by atoms with Gasteiger partial charge in [-0.2, -0.15) is 0 Å². The van der Waals surface area contributed by atoms with Crippen molar-refractivity contribution in [1.29, 1.82) is 0 Å². The highest BCUT2D eigenvalue weighted by Crippen LogP contribution is 2.23. The number of nitrogens with one attached hydrogen (secondary N) is 1. The molecular weight excluding hydrogens is 1020 g/mol. The van der Waals surface area contributed by atoms with E-state index in [-0.39, 0.29) is 12.5 Å². The zero-order valence-electron chi connectivity index (χ0n) is 53.2. The summed E-state index contributed by atoms with van der Waals surface area (Å²) in [4.78, 5) is 13.1. The monoisotopic (exact) mass is 1150 g/mol. The van der Waals surface area contributed by atoms with Crippen LogP contribution in [0.1, 0.15) is 316 Å². The SMILES string of the molecule is CC/C=C\C/C=C\C/C=C\C/C=C\C/C=C\C/C=C\CCCCCCCCCCCCCCCCCCCCC(=O)NC(COC1OC(CO)C(O)C(O)C1O)C(O)/C=C/CCCCCCCCCCCCCCCCCCCCCC. The Kier molecular flexibility index (Phi) is 58.0. The highest BCUT2D eigenvalue weighted by atomic mass is 16.7. The fourth-order valence-corrected chi connectivity index (χ4v) is 10.8. The number of aliphatic hydroxyl groups excluding tert-OH is 5. The van der Waals surface area contributed by atoms with Crippen molar-refractivity contribution in [2.45, 2.75) is 358 Å². The minimum absolute atomic E-state index is 0.174. The second kappa shape index (κ2) is 61.5. The van der Waals surface area contributed by atoms with Crippen molar-refractivity contribution in [3.63, 3.8) is 0 Å². The van der Waals surface area contributed by atoms with Crippen LogP contribution in [0.15, 0.2) is 85.1 Å². The zero-order valence-corrected chi connectivity index (χ0v) is 53.2. The average Bonchev–Trinajstić information content (AvgIpc) is 3.59. The Balaban J connectivity index is 2.11. The molecule has 0 bridgehead atoms. The molecule has 0 aromatic carbocycles. The number of ether oxygens (including phenoxy) is 2. The van der Waals surface area contributed by atoms with Gasteiger partial charge in [-0.05, 0) is 70.6 Å². The molecule has 9 heteroatoms. The smallest absolute Gasteiger partial charge is 0.220 e. The van der Waals surface area contributed by atoms with Crippen LogP contribution in [0.3, 0.4) is 0 Å². The summed E-state index contributed by atoms with van der Waals surface area (Å²) in [6.07, 6.45) is 81.1. The van der Waals surface area contributed by atoms with Crippen molar-refractivity contribution < 1.29 is 39.8 Å². The van der Waals surface area contributed by atoms with Gasteiger partial charge in [0.2, 0.25) is 5.91 Å². The first-order valence-corrected chi connectivity index (χ1v) is 34.8. The third-order valence-electron chi connectivity index (χ3n) is 16.2. The lowest BCUT2D eigenvalue weighted by Gasteiger charge is -2.40. The maximum Gasteiger partial charge on any atom is 0.220 e. The number of unbranched alkanes of at least 4 members (excludes halogenated alkanes) is 38. The Hall–Kier alpha value is -2.63. The van der Waals surface area contributed by atoms with Gasteiger partial charge in [-0.3, -0.25) is 4.79 Å². The number of carbonyl (C=O) groups is 1. The highest BCUT2D eigenvalue weighted by Gasteiger charge is 2.44. The summed E-state index contributed by atoms with van der Waals surface area (Å²) in [5.41, 5.74) is 0. The predicted molar refractivity (Wildman–Crippen MR) is 350 cm³/mol. The first kappa shape index (κ1) is 77.4. The molecule has 7 atom stereocenters. The second-order valence-corrected chi connectivity index (χ2v) is 23.9. The zero-order chi connectivity index (χ0) is 59.3. The van der Waals surface area contributed by atoms with Crippen LogP contribution >= 0.6 is 0 Å². The van der Waals surface area contributed by atoms with Gasteiger partial charge in [0, 0.05) is 6.42 Å². The summed E-state index contributed by atoms with van der Waals surface area (Å²) < 4.78 is 11.3. The normalized spacial score (nSPS) is 18.8. The molecule has 1 amide bonds. The topological polar surface area (TPSA) is 149 Å². The fourth-order valence-electron chi connectivity index (χ4n) is 10.8. The van der Waals surface area contributed by atoms with Crippen LogP contribution in [0.25, 0.3) is 0 Å². The van der Waals surface area contributed by atoms with E-state index in [0.717, 1.165) is 77.0 Å². The Bertz CT molecular complexity index is 1570. The molecule has 9 nitrogen and oxygen atoms in total. The maximum absolute atomic E-state index is 13.1. The van der Waals surface area contributed by atoms with Gasteiger partial charge >= 0.3 is 0 Å². The molecule has 1 aliphatic rings. The Morgan fingerprint density at radius 3 is 1.12 bits per heavy atom. The van der Waals surface area contributed by atoms with Gasteiger partial charge in [0.05, 0.1) is 25.4 Å². The molecule has 7 unspecified atom stereocenters. The van der Waals surface area contributed by atoms with Crippen molar-refractivity contribution in [1.82, 2.24) is 5.32 Å². The van der Waals surface area contributed by atoms with Crippen molar-refractivity contribution in [2.75, 3.05) is 13.2 Å². The van der Waals surface area contributed by atoms with E-state index in [1.165, 1.54) is 218 Å². The number of hydrogen-bond acceptors (Lipinski definition) is 8. The Labute approximate surface area is 505 Å². The largest absolute Gasteiger partial charge is 0.394 e. The minimum Gasteiger partial charge on any atom is -0.394 e. The van der Waals surface area contributed by atoms with Gasteiger partial charge in [-0.15, -0.1) is 0 Å². The number of allylic oxidation sites excluding steroid dienone is 13. The van der Waals surface area contributed by atoms with Crippen LogP contribution in [-0.2, 0) is 14.3 Å². The number of aliphatic hydroxyl groups is 5. The van der Waals surface area contributed by atoms with Crippen molar-refractivity contribution in [3.05, 3.63) is 85.1 Å². The summed E-state index contributed by atoms with van der Waals surface area (Å²) in [6.45, 7) is 3.70. The third-order valence-corrected chi connectivity index (χ3v) is 16.2. The van der Waals surface area contributed by atoms with Crippen LogP contribution in [0.2, 0.25) is 0 Å². The lowest BCUT2D eigenvalue weighted by atomic mass is 9.99. The van der Waals surface area contributed by atoms with Crippen molar-refractivity contribution in [2.24, 2.45) is 0 Å². The first-order valence-electron chi connectivity index (χ1n) is 34.8. The number of hydrogen-bond donors (Lipinski definition) is 6. The van der Waals surface area contributed by atoms with E-state index >= 15 is 0 Å². The van der Waals surface area contributed by atoms with Crippen LogP contribution in [-0.4, -0.2) is 87.5 Å². The molecule has 1 heterocycles. The van der Waals surface area contributed by atoms with Gasteiger partial charge in [0.15, 0.2) is 6.29 Å². The summed E-state index contributed by atoms with van der Waals surface area (Å²) in [6, 6.07) is -0.808. The minimum atomic E-state index is -1.57. The highest BCUT2D eigenvalue weighted by molar-refractivity contribution is 5.76. The lowest BCUT2D eigenvalue weighted by Crippen LogP contribution is -2.60. The Morgan fingerprint density at radius 1 is 0.427 bits per heavy atom. The van der Waals surface area contributed by atoms with Crippen LogP contribution in [0.4, 0.5) is 0 Å². The molecular formula is C73H131NO8. The molecule has 0 aromatic rings. The van der Waals surface area contributed by atoms with Gasteiger partial charge in [-0.1, -0.05) is 324 Å². The molecule has 82 heavy (non-hydrogen) atoms. The fraction of sp³-hybridized carbons (Fsp3) is 0.795. The van der Waals surface area contributed by atoms with Gasteiger partial charge < -0.3 is 40.3 Å². The molecule has 0 radical (unpaired) electrons. The average molecular weight is 1150 g/mol. The van der Waals surface area contributed by atoms with E-state index < -0.39 is 49.5 Å². The molecule has 1 rings (SSSR count). The van der Waals surface area contributed by atoms with Crippen molar-refractivity contribution in [3.8, 4) is 0 Å². The van der Waals surface area contributed by atoms with Gasteiger partial charge in [-0.25, -0.2) is 0 Å². The quantitative estimate of drug-likeness (QED) is 0.0261. The molecule has 1 saturated heterocycles. The molecule has 1 fully saturated rings. The molecule has 476 valence electrons. The molecule has 0 aromatic heterocycles. The third kappa shape index (κ3) is 49.6. The van der Waals surface area contributed by atoms with Crippen LogP contribution in [0.5, 0.6) is 0 Å². The predicted octanol–water partition coefficient (Wildman–Crippen LogP) is 18.9. The summed E-state index contributed by atoms with van der Waals surface area (Å²) in [5, 5.41) is 54.7. The Morgan fingerprint density at radius 2 is 0.756 bits per heavy atom. The van der Waals surface area contributed by atoms with E-state index in [1.807, 2.05) is 6.08 Å². The lowest BCUT2D eigenvalue weighted by molar-refractivity contribution is -0.302. The maximum atomic E-state index is 13.1. The molecule has 0 aliphatic carbocycles. The molecule has 0 saturated carbocycles.